The third-order valence-corrected chi connectivity index (χ3v) is 12.7. The summed E-state index contributed by atoms with van der Waals surface area (Å²) in [4.78, 5) is 15.9. The second-order valence-electron chi connectivity index (χ2n) is 15.9. The van der Waals surface area contributed by atoms with Crippen molar-refractivity contribution in [1.82, 2.24) is 15.0 Å². The fourth-order valence-electron chi connectivity index (χ4n) is 10.0. The molecule has 4 nitrogen and oxygen atoms in total. The van der Waals surface area contributed by atoms with Crippen LogP contribution < -0.4 is 4.74 Å². The quantitative estimate of drug-likeness (QED) is 0.168. The average Bonchev–Trinajstić information content (AvgIpc) is 3.60. The minimum Gasteiger partial charge on any atom is -0.457 e. The Bertz CT molecular complexity index is 3550. The molecule has 0 bridgehead atoms. The lowest BCUT2D eigenvalue weighted by Gasteiger charge is -2.39. The van der Waals surface area contributed by atoms with Gasteiger partial charge < -0.3 is 4.74 Å². The summed E-state index contributed by atoms with van der Waals surface area (Å²) >= 11 is 0. The van der Waals surface area contributed by atoms with Gasteiger partial charge in [0.1, 0.15) is 11.5 Å². The number of nitrogens with zero attached hydrogens (tertiary/aromatic N) is 3. The number of pyridine rings is 3. The summed E-state index contributed by atoms with van der Waals surface area (Å²) in [5.41, 5.74) is 15.4. The van der Waals surface area contributed by atoms with Gasteiger partial charge in [-0.15, -0.1) is 0 Å². The number of para-hydroxylation sites is 3. The molecule has 4 heterocycles. The number of hydrogen-bond acceptors (Lipinski definition) is 4. The van der Waals surface area contributed by atoms with Crippen LogP contribution >= 0.6 is 0 Å². The Morgan fingerprint density at radius 3 is 1.68 bits per heavy atom. The average molecular weight is 764 g/mol. The minimum absolute atomic E-state index is 0.557. The molecule has 0 saturated heterocycles. The van der Waals surface area contributed by atoms with Crippen LogP contribution in [0.1, 0.15) is 22.3 Å². The molecule has 13 rings (SSSR count). The summed E-state index contributed by atoms with van der Waals surface area (Å²) in [7, 11) is 0. The van der Waals surface area contributed by atoms with E-state index in [0.717, 1.165) is 94.5 Å². The highest BCUT2D eigenvalue weighted by Gasteiger charge is 2.51. The second-order valence-corrected chi connectivity index (χ2v) is 15.9. The molecule has 60 heavy (non-hydrogen) atoms. The van der Waals surface area contributed by atoms with E-state index in [9.17, 15) is 0 Å². The molecule has 3 aromatic heterocycles. The number of aromatic nitrogens is 3. The predicted molar refractivity (Wildman–Crippen MR) is 244 cm³/mol. The molecule has 0 saturated carbocycles. The first kappa shape index (κ1) is 33.1. The van der Waals surface area contributed by atoms with E-state index in [1.54, 1.807) is 0 Å². The lowest BCUT2D eigenvalue weighted by Crippen LogP contribution is -2.32. The van der Waals surface area contributed by atoms with Gasteiger partial charge in [-0.1, -0.05) is 152 Å². The van der Waals surface area contributed by atoms with Crippen LogP contribution in [0, 0.1) is 0 Å². The third kappa shape index (κ3) is 4.64. The fraction of sp³-hybridized carbons (Fsp3) is 0.0179. The molecule has 1 aliphatic carbocycles. The van der Waals surface area contributed by atoms with Crippen molar-refractivity contribution < 1.29 is 4.74 Å². The van der Waals surface area contributed by atoms with E-state index < -0.39 is 5.41 Å². The minimum atomic E-state index is -0.557. The van der Waals surface area contributed by atoms with Gasteiger partial charge in [0.2, 0.25) is 0 Å². The van der Waals surface area contributed by atoms with Crippen molar-refractivity contribution in [2.45, 2.75) is 5.41 Å². The van der Waals surface area contributed by atoms with Gasteiger partial charge in [0.15, 0.2) is 0 Å². The van der Waals surface area contributed by atoms with E-state index >= 15 is 0 Å². The number of benzene rings is 8. The van der Waals surface area contributed by atoms with Gasteiger partial charge in [-0.25, -0.2) is 15.0 Å². The first-order chi connectivity index (χ1) is 29.7. The van der Waals surface area contributed by atoms with Crippen LogP contribution in [0.2, 0.25) is 0 Å². The van der Waals surface area contributed by atoms with Crippen LogP contribution in [0.4, 0.5) is 0 Å². The van der Waals surface area contributed by atoms with Crippen molar-refractivity contribution in [3.63, 3.8) is 0 Å². The van der Waals surface area contributed by atoms with Crippen molar-refractivity contribution in [2.24, 2.45) is 0 Å². The lowest BCUT2D eigenvalue weighted by atomic mass is 9.66. The maximum absolute atomic E-state index is 6.63. The second kappa shape index (κ2) is 12.5. The number of rotatable bonds is 3. The monoisotopic (exact) mass is 763 g/mol. The van der Waals surface area contributed by atoms with Gasteiger partial charge in [0, 0.05) is 49.4 Å². The maximum Gasteiger partial charge on any atom is 0.132 e. The Hall–Kier alpha value is -7.95. The molecule has 1 spiro atoms. The summed E-state index contributed by atoms with van der Waals surface area (Å²) in [5, 5.41) is 5.53. The summed E-state index contributed by atoms with van der Waals surface area (Å²) in [6.45, 7) is 0. The zero-order valence-corrected chi connectivity index (χ0v) is 32.3. The molecule has 0 atom stereocenters. The van der Waals surface area contributed by atoms with Crippen molar-refractivity contribution in [1.29, 1.82) is 0 Å². The topological polar surface area (TPSA) is 47.9 Å². The molecular formula is C56H33N3O. The Balaban J connectivity index is 1.03. The van der Waals surface area contributed by atoms with Crippen LogP contribution in [0.25, 0.3) is 88.4 Å². The molecular weight excluding hydrogens is 731 g/mol. The van der Waals surface area contributed by atoms with Crippen LogP contribution in [0.5, 0.6) is 11.5 Å². The van der Waals surface area contributed by atoms with Crippen LogP contribution in [0.3, 0.4) is 0 Å². The van der Waals surface area contributed by atoms with Gasteiger partial charge in [0.25, 0.3) is 0 Å². The molecule has 2 aliphatic rings. The van der Waals surface area contributed by atoms with E-state index in [1.807, 2.05) is 18.2 Å². The Morgan fingerprint density at radius 2 is 0.933 bits per heavy atom. The zero-order valence-electron chi connectivity index (χ0n) is 32.3. The number of hydrogen-bond donors (Lipinski definition) is 0. The van der Waals surface area contributed by atoms with E-state index in [0.29, 0.717) is 0 Å². The molecule has 0 radical (unpaired) electrons. The first-order valence-corrected chi connectivity index (χ1v) is 20.4. The largest absolute Gasteiger partial charge is 0.457 e. The predicted octanol–water partition coefficient (Wildman–Crippen LogP) is 14.0. The van der Waals surface area contributed by atoms with E-state index in [4.69, 9.17) is 19.7 Å². The number of fused-ring (bicyclic) bond motifs is 15. The first-order valence-electron chi connectivity index (χ1n) is 20.4. The zero-order chi connectivity index (χ0) is 39.4. The normalized spacial score (nSPS) is 13.3. The molecule has 0 amide bonds. The van der Waals surface area contributed by atoms with Gasteiger partial charge in [-0.3, -0.25) is 0 Å². The molecule has 1 aliphatic heterocycles. The van der Waals surface area contributed by atoms with Gasteiger partial charge in [0.05, 0.1) is 39.0 Å². The van der Waals surface area contributed by atoms with Crippen LogP contribution in [-0.2, 0) is 5.41 Å². The Labute approximate surface area is 346 Å². The molecule has 0 fully saturated rings. The lowest BCUT2D eigenvalue weighted by molar-refractivity contribution is 0.436. The SMILES string of the molecule is c1ccc(-c2ccc3ccc4ccc(-c5cccc(-c6nc7ccccc7c7cc8c(cc67)-c6ccccc6C86c7ccccc7Oc7ccccc76)c5)nc4c3n2)cc1. The highest BCUT2D eigenvalue weighted by molar-refractivity contribution is 6.14. The van der Waals surface area contributed by atoms with Crippen molar-refractivity contribution in [2.75, 3.05) is 0 Å². The molecule has 11 aromatic rings. The van der Waals surface area contributed by atoms with Crippen molar-refractivity contribution >= 4 is 43.5 Å². The highest BCUT2D eigenvalue weighted by atomic mass is 16.5. The molecule has 0 N–H and O–H groups in total. The standard InChI is InChI=1S/C56H33N3O/c1-2-13-34(14-3-1)48-29-27-35-25-26-36-28-30-49(58-55(36)54(35)57-48)37-15-12-16-38(31-37)53-43-32-42-39-17-4-6-19-44(39)56(47(42)33-41(43)40-18-5-9-22-50(40)59-53)45-20-7-10-23-51(45)60-52-24-11-8-21-46(52)56/h1-33H. The van der Waals surface area contributed by atoms with E-state index in [2.05, 4.69) is 182 Å². The van der Waals surface area contributed by atoms with Crippen molar-refractivity contribution in [3.05, 3.63) is 222 Å². The smallest absolute Gasteiger partial charge is 0.132 e. The van der Waals surface area contributed by atoms with E-state index in [-0.39, 0.29) is 0 Å². The van der Waals surface area contributed by atoms with Gasteiger partial charge in [-0.05, 0) is 76.2 Å². The van der Waals surface area contributed by atoms with Crippen LogP contribution in [0.15, 0.2) is 200 Å². The summed E-state index contributed by atoms with van der Waals surface area (Å²) < 4.78 is 6.63. The summed E-state index contributed by atoms with van der Waals surface area (Å²) in [6.07, 6.45) is 0. The van der Waals surface area contributed by atoms with Crippen LogP contribution in [-0.4, -0.2) is 15.0 Å². The van der Waals surface area contributed by atoms with Crippen molar-refractivity contribution in [3.8, 4) is 56.4 Å². The Kier molecular flexibility index (Phi) is 6.90. The Morgan fingerprint density at radius 1 is 0.350 bits per heavy atom. The van der Waals surface area contributed by atoms with Gasteiger partial charge in [-0.2, -0.15) is 0 Å². The molecule has 0 unspecified atom stereocenters. The molecule has 278 valence electrons. The van der Waals surface area contributed by atoms with E-state index in [1.165, 1.54) is 27.6 Å². The summed E-state index contributed by atoms with van der Waals surface area (Å²) in [5.74, 6) is 1.78. The number of ether oxygens (including phenoxy) is 1. The van der Waals surface area contributed by atoms with Gasteiger partial charge >= 0.3 is 0 Å². The summed E-state index contributed by atoms with van der Waals surface area (Å²) in [6, 6.07) is 71.2. The highest BCUT2D eigenvalue weighted by Crippen LogP contribution is 2.62. The fourth-order valence-corrected chi connectivity index (χ4v) is 10.0. The molecule has 8 aromatic carbocycles. The molecule has 4 heteroatoms. The maximum atomic E-state index is 6.63. The third-order valence-electron chi connectivity index (χ3n) is 12.7.